The molecule has 1 aliphatic heterocycles. The first kappa shape index (κ1) is 22.5. The zero-order valence-corrected chi connectivity index (χ0v) is 18.6. The summed E-state index contributed by atoms with van der Waals surface area (Å²) in [4.78, 5) is 34.4. The normalized spacial score (nSPS) is 13.8. The number of methoxy groups -OCH3 is 1. The highest BCUT2D eigenvalue weighted by atomic mass is 16.5. The number of carbonyl (C=O) groups excluding carboxylic acids is 2. The van der Waals surface area contributed by atoms with Crippen molar-refractivity contribution in [2.24, 2.45) is 0 Å². The van der Waals surface area contributed by atoms with Crippen molar-refractivity contribution in [2.45, 2.75) is 39.5 Å². The predicted molar refractivity (Wildman–Crippen MR) is 121 cm³/mol. The summed E-state index contributed by atoms with van der Waals surface area (Å²) in [5, 5.41) is 0. The van der Waals surface area contributed by atoms with E-state index in [0.29, 0.717) is 42.2 Å². The number of ether oxygens (including phenoxy) is 1. The molecule has 1 aromatic carbocycles. The number of benzene rings is 1. The van der Waals surface area contributed by atoms with E-state index in [2.05, 4.69) is 11.9 Å². The Kier molecular flexibility index (Phi) is 7.82. The lowest BCUT2D eigenvalue weighted by Crippen LogP contribution is -2.36. The molecule has 6 nitrogen and oxygen atoms in total. The molecule has 0 spiro atoms. The van der Waals surface area contributed by atoms with Gasteiger partial charge >= 0.3 is 0 Å². The number of rotatable bonds is 11. The molecule has 2 heterocycles. The summed E-state index contributed by atoms with van der Waals surface area (Å²) < 4.78 is 5.52. The van der Waals surface area contributed by atoms with Crippen molar-refractivity contribution in [3.8, 4) is 5.75 Å². The van der Waals surface area contributed by atoms with Gasteiger partial charge in [0.25, 0.3) is 11.8 Å². The number of nitrogens with zero attached hydrogens (tertiary/aromatic N) is 3. The molecule has 31 heavy (non-hydrogen) atoms. The van der Waals surface area contributed by atoms with Crippen LogP contribution in [0.2, 0.25) is 0 Å². The van der Waals surface area contributed by atoms with E-state index in [1.165, 1.54) is 4.90 Å². The summed E-state index contributed by atoms with van der Waals surface area (Å²) in [6.45, 7) is 5.82. The van der Waals surface area contributed by atoms with Crippen LogP contribution in [0.4, 0.5) is 0 Å². The maximum Gasteiger partial charge on any atom is 0.277 e. The average Bonchev–Trinajstić information content (AvgIpc) is 3.05. The van der Waals surface area contributed by atoms with Crippen molar-refractivity contribution < 1.29 is 14.3 Å². The molecule has 164 valence electrons. The molecule has 0 saturated heterocycles. The summed E-state index contributed by atoms with van der Waals surface area (Å²) in [6, 6.07) is 11.4. The fraction of sp³-hybridized carbons (Fsp3) is 0.400. The Morgan fingerprint density at radius 3 is 2.42 bits per heavy atom. The van der Waals surface area contributed by atoms with Gasteiger partial charge in [-0.25, -0.2) is 0 Å². The van der Waals surface area contributed by atoms with Gasteiger partial charge in [-0.2, -0.15) is 0 Å². The summed E-state index contributed by atoms with van der Waals surface area (Å²) >= 11 is 0. The number of imide groups is 1. The molecule has 0 radical (unpaired) electrons. The van der Waals surface area contributed by atoms with E-state index in [4.69, 9.17) is 4.74 Å². The van der Waals surface area contributed by atoms with E-state index in [9.17, 15) is 9.59 Å². The van der Waals surface area contributed by atoms with Gasteiger partial charge in [0, 0.05) is 37.6 Å². The van der Waals surface area contributed by atoms with E-state index in [-0.39, 0.29) is 11.8 Å². The number of hydrogen-bond acceptors (Lipinski definition) is 5. The summed E-state index contributed by atoms with van der Waals surface area (Å²) in [6.07, 6.45) is 7.12. The Balaban J connectivity index is 1.99. The zero-order valence-electron chi connectivity index (χ0n) is 18.6. The SMILES string of the molecule is CCCCCN1C(=O)C(c2ccccc2OC)=C(N(CC)CCc2ccncc2)C1=O. The van der Waals surface area contributed by atoms with E-state index in [1.54, 1.807) is 19.5 Å². The summed E-state index contributed by atoms with van der Waals surface area (Å²) in [5.41, 5.74) is 2.72. The molecule has 0 aliphatic carbocycles. The van der Waals surface area contributed by atoms with Crippen LogP contribution >= 0.6 is 0 Å². The minimum Gasteiger partial charge on any atom is -0.496 e. The first-order valence-electron chi connectivity index (χ1n) is 11.0. The maximum absolute atomic E-state index is 13.5. The molecule has 0 N–H and O–H groups in total. The van der Waals surface area contributed by atoms with Gasteiger partial charge in [-0.3, -0.25) is 19.5 Å². The van der Waals surface area contributed by atoms with E-state index < -0.39 is 0 Å². The second-order valence-corrected chi connectivity index (χ2v) is 7.58. The smallest absolute Gasteiger partial charge is 0.277 e. The van der Waals surface area contributed by atoms with Crippen LogP contribution in [0.25, 0.3) is 5.57 Å². The number of pyridine rings is 1. The van der Waals surface area contributed by atoms with Crippen LogP contribution in [-0.4, -0.2) is 53.3 Å². The molecule has 2 amide bonds. The highest BCUT2D eigenvalue weighted by Gasteiger charge is 2.41. The first-order chi connectivity index (χ1) is 15.1. The Bertz CT molecular complexity index is 940. The topological polar surface area (TPSA) is 62.7 Å². The Labute approximate surface area is 184 Å². The highest BCUT2D eigenvalue weighted by Crippen LogP contribution is 2.36. The molecule has 0 atom stereocenters. The van der Waals surface area contributed by atoms with Crippen molar-refractivity contribution in [1.29, 1.82) is 0 Å². The van der Waals surface area contributed by atoms with Crippen LogP contribution in [0.3, 0.4) is 0 Å². The van der Waals surface area contributed by atoms with E-state index >= 15 is 0 Å². The summed E-state index contributed by atoms with van der Waals surface area (Å²) in [5.74, 6) is 0.151. The molecule has 0 bridgehead atoms. The number of carbonyl (C=O) groups is 2. The molecule has 1 aromatic heterocycles. The fourth-order valence-electron chi connectivity index (χ4n) is 3.92. The van der Waals surface area contributed by atoms with E-state index in [1.807, 2.05) is 48.2 Å². The second-order valence-electron chi connectivity index (χ2n) is 7.58. The van der Waals surface area contributed by atoms with Gasteiger partial charge in [-0.15, -0.1) is 0 Å². The van der Waals surface area contributed by atoms with Crippen molar-refractivity contribution in [3.05, 3.63) is 65.6 Å². The lowest BCUT2D eigenvalue weighted by Gasteiger charge is -2.25. The highest BCUT2D eigenvalue weighted by molar-refractivity contribution is 6.36. The minimum atomic E-state index is -0.233. The standard InChI is InChI=1S/C25H31N3O3/c1-4-6-9-17-28-24(29)22(20-10-7-8-11-21(20)31-3)23(25(28)30)27(5-2)18-14-19-12-15-26-16-13-19/h7-8,10-13,15-16H,4-6,9,14,17-18H2,1-3H3. The zero-order chi connectivity index (χ0) is 22.2. The second kappa shape index (κ2) is 10.8. The first-order valence-corrected chi connectivity index (χ1v) is 11.0. The largest absolute Gasteiger partial charge is 0.496 e. The van der Waals surface area contributed by atoms with Crippen LogP contribution in [-0.2, 0) is 16.0 Å². The molecular weight excluding hydrogens is 390 g/mol. The molecule has 0 fully saturated rings. The van der Waals surface area contributed by atoms with Gasteiger partial charge in [0.1, 0.15) is 11.4 Å². The monoisotopic (exact) mass is 421 g/mol. The maximum atomic E-state index is 13.5. The van der Waals surface area contributed by atoms with Crippen molar-refractivity contribution in [3.63, 3.8) is 0 Å². The van der Waals surface area contributed by atoms with Gasteiger partial charge in [0.2, 0.25) is 0 Å². The predicted octanol–water partition coefficient (Wildman–Crippen LogP) is 3.92. The van der Waals surface area contributed by atoms with Crippen LogP contribution in [0.5, 0.6) is 5.75 Å². The average molecular weight is 422 g/mol. The summed E-state index contributed by atoms with van der Waals surface area (Å²) in [7, 11) is 1.58. The van der Waals surface area contributed by atoms with Crippen LogP contribution in [0.15, 0.2) is 54.5 Å². The van der Waals surface area contributed by atoms with Crippen LogP contribution < -0.4 is 4.74 Å². The van der Waals surface area contributed by atoms with Crippen LogP contribution in [0.1, 0.15) is 44.2 Å². The lowest BCUT2D eigenvalue weighted by molar-refractivity contribution is -0.137. The minimum absolute atomic E-state index is 0.210. The van der Waals surface area contributed by atoms with Crippen LogP contribution in [0, 0.1) is 0 Å². The number of hydrogen-bond donors (Lipinski definition) is 0. The molecule has 1 aliphatic rings. The number of aromatic nitrogens is 1. The molecule has 0 unspecified atom stereocenters. The lowest BCUT2D eigenvalue weighted by atomic mass is 10.0. The van der Waals surface area contributed by atoms with Gasteiger partial charge in [-0.1, -0.05) is 38.0 Å². The number of likely N-dealkylation sites (N-methyl/N-ethyl adjacent to an activating group) is 1. The van der Waals surface area contributed by atoms with Gasteiger partial charge < -0.3 is 9.64 Å². The fourth-order valence-corrected chi connectivity index (χ4v) is 3.92. The van der Waals surface area contributed by atoms with E-state index in [0.717, 1.165) is 31.2 Å². The molecule has 3 rings (SSSR count). The van der Waals surface area contributed by atoms with Crippen molar-refractivity contribution in [1.82, 2.24) is 14.8 Å². The molecule has 2 aromatic rings. The van der Waals surface area contributed by atoms with Gasteiger partial charge in [-0.05, 0) is 43.5 Å². The Hall–Kier alpha value is -3.15. The Morgan fingerprint density at radius 1 is 1.00 bits per heavy atom. The van der Waals surface area contributed by atoms with Gasteiger partial charge in [0.05, 0.1) is 12.7 Å². The molecular formula is C25H31N3O3. The van der Waals surface area contributed by atoms with Gasteiger partial charge in [0.15, 0.2) is 0 Å². The number of amides is 2. The third-order valence-electron chi connectivity index (χ3n) is 5.62. The third-order valence-corrected chi connectivity index (χ3v) is 5.62. The molecule has 0 saturated carbocycles. The third kappa shape index (κ3) is 4.95. The Morgan fingerprint density at radius 2 is 1.74 bits per heavy atom. The quantitative estimate of drug-likeness (QED) is 0.406. The van der Waals surface area contributed by atoms with Crippen molar-refractivity contribution >= 4 is 17.4 Å². The number of unbranched alkanes of at least 4 members (excludes halogenated alkanes) is 2. The van der Waals surface area contributed by atoms with Crippen molar-refractivity contribution in [2.75, 3.05) is 26.7 Å². The molecule has 6 heteroatoms. The number of para-hydroxylation sites is 1.